The van der Waals surface area contributed by atoms with Crippen LogP contribution in [0.3, 0.4) is 0 Å². The Hall–Kier alpha value is -0.750. The minimum atomic E-state index is -0.717. The lowest BCUT2D eigenvalue weighted by atomic mass is 9.86. The monoisotopic (exact) mass is 258 g/mol. The second kappa shape index (κ2) is 5.27. The number of hydrogen-bond acceptors (Lipinski definition) is 4. The standard InChI is InChI=1S/C11H18N2O3S/c1-17-7-2-8-9(14)13-11(10(15)12-8)3-5-16-6-4-11/h8H,2-7H2,1H3,(H,12,15)(H,13,14)/t8-/m0/s1. The molecule has 2 heterocycles. The number of nitrogens with one attached hydrogen (secondary N) is 2. The summed E-state index contributed by atoms with van der Waals surface area (Å²) in [5, 5.41) is 5.74. The molecule has 0 aromatic carbocycles. The molecule has 2 aliphatic rings. The Morgan fingerprint density at radius 3 is 2.76 bits per heavy atom. The highest BCUT2D eigenvalue weighted by Gasteiger charge is 2.46. The van der Waals surface area contributed by atoms with E-state index >= 15 is 0 Å². The van der Waals surface area contributed by atoms with Gasteiger partial charge in [0.15, 0.2) is 0 Å². The molecule has 2 fully saturated rings. The Morgan fingerprint density at radius 1 is 1.41 bits per heavy atom. The zero-order valence-electron chi connectivity index (χ0n) is 9.95. The van der Waals surface area contributed by atoms with Gasteiger partial charge in [-0.25, -0.2) is 0 Å². The summed E-state index contributed by atoms with van der Waals surface area (Å²) in [6.45, 7) is 1.06. The number of carbonyl (C=O) groups excluding carboxylic acids is 2. The molecular weight excluding hydrogens is 240 g/mol. The summed E-state index contributed by atoms with van der Waals surface area (Å²) in [6.07, 6.45) is 3.81. The SMILES string of the molecule is CSCC[C@@H]1NC(=O)C2(CCOCC2)NC1=O. The van der Waals surface area contributed by atoms with Crippen LogP contribution in [0.5, 0.6) is 0 Å². The van der Waals surface area contributed by atoms with Crippen LogP contribution in [0.1, 0.15) is 19.3 Å². The molecule has 0 bridgehead atoms. The first-order valence-electron chi connectivity index (χ1n) is 5.88. The van der Waals surface area contributed by atoms with Crippen LogP contribution in [-0.4, -0.2) is 48.6 Å². The fourth-order valence-electron chi connectivity index (χ4n) is 2.25. The van der Waals surface area contributed by atoms with Crippen LogP contribution in [0.2, 0.25) is 0 Å². The largest absolute Gasteiger partial charge is 0.381 e. The number of amides is 2. The molecule has 0 radical (unpaired) electrons. The minimum absolute atomic E-state index is 0.0495. The number of ether oxygens (including phenoxy) is 1. The summed E-state index contributed by atoms with van der Waals surface area (Å²) >= 11 is 1.67. The predicted octanol–water partition coefficient (Wildman–Crippen LogP) is -0.0967. The highest BCUT2D eigenvalue weighted by Crippen LogP contribution is 2.24. The summed E-state index contributed by atoms with van der Waals surface area (Å²) in [5.41, 5.74) is -0.717. The van der Waals surface area contributed by atoms with E-state index in [2.05, 4.69) is 10.6 Å². The van der Waals surface area contributed by atoms with Gasteiger partial charge >= 0.3 is 0 Å². The Balaban J connectivity index is 2.01. The predicted molar refractivity (Wildman–Crippen MR) is 65.9 cm³/mol. The second-order valence-electron chi connectivity index (χ2n) is 4.49. The van der Waals surface area contributed by atoms with Crippen LogP contribution in [0.4, 0.5) is 0 Å². The summed E-state index contributed by atoms with van der Waals surface area (Å²) in [6, 6.07) is -0.372. The van der Waals surface area contributed by atoms with E-state index < -0.39 is 5.54 Å². The Bertz CT molecular complexity index is 316. The number of piperazine rings is 1. The van der Waals surface area contributed by atoms with Crippen molar-refractivity contribution in [3.05, 3.63) is 0 Å². The molecule has 2 aliphatic heterocycles. The molecule has 2 rings (SSSR count). The Morgan fingerprint density at radius 2 is 2.12 bits per heavy atom. The first kappa shape index (κ1) is 12.7. The van der Waals surface area contributed by atoms with Gasteiger partial charge in [-0.3, -0.25) is 9.59 Å². The second-order valence-corrected chi connectivity index (χ2v) is 5.48. The summed E-state index contributed by atoms with van der Waals surface area (Å²) in [4.78, 5) is 24.0. The number of thioether (sulfide) groups is 1. The minimum Gasteiger partial charge on any atom is -0.381 e. The van der Waals surface area contributed by atoms with Crippen LogP contribution in [0, 0.1) is 0 Å². The van der Waals surface area contributed by atoms with Gasteiger partial charge in [0.05, 0.1) is 0 Å². The first-order valence-corrected chi connectivity index (χ1v) is 7.27. The fourth-order valence-corrected chi connectivity index (χ4v) is 2.72. The first-order chi connectivity index (χ1) is 8.18. The lowest BCUT2D eigenvalue weighted by Gasteiger charge is -2.42. The van der Waals surface area contributed by atoms with Gasteiger partial charge in [0.1, 0.15) is 11.6 Å². The molecule has 0 saturated carbocycles. The normalized spacial score (nSPS) is 27.7. The van der Waals surface area contributed by atoms with E-state index in [1.165, 1.54) is 0 Å². The van der Waals surface area contributed by atoms with Crippen LogP contribution < -0.4 is 10.6 Å². The van der Waals surface area contributed by atoms with Crippen LogP contribution in [0.15, 0.2) is 0 Å². The molecule has 6 heteroatoms. The third-order valence-electron chi connectivity index (χ3n) is 3.38. The molecule has 2 amide bonds. The van der Waals surface area contributed by atoms with Crippen molar-refractivity contribution in [2.75, 3.05) is 25.2 Å². The zero-order chi connectivity index (χ0) is 12.3. The summed E-state index contributed by atoms with van der Waals surface area (Å²) in [5.74, 6) is 0.765. The fraction of sp³-hybridized carbons (Fsp3) is 0.818. The van der Waals surface area contributed by atoms with Gasteiger partial charge in [0.25, 0.3) is 0 Å². The van der Waals surface area contributed by atoms with Crippen molar-refractivity contribution in [3.63, 3.8) is 0 Å². The Labute approximate surface area is 105 Å². The third-order valence-corrected chi connectivity index (χ3v) is 4.02. The molecule has 1 atom stereocenters. The quantitative estimate of drug-likeness (QED) is 0.742. The molecule has 0 aliphatic carbocycles. The van der Waals surface area contributed by atoms with E-state index in [1.807, 2.05) is 6.26 Å². The van der Waals surface area contributed by atoms with E-state index in [4.69, 9.17) is 4.74 Å². The lowest BCUT2D eigenvalue weighted by molar-refractivity contribution is -0.145. The molecule has 96 valence electrons. The summed E-state index contributed by atoms with van der Waals surface area (Å²) in [7, 11) is 0. The van der Waals surface area contributed by atoms with Gasteiger partial charge in [0, 0.05) is 26.1 Å². The van der Waals surface area contributed by atoms with Gasteiger partial charge in [-0.2, -0.15) is 11.8 Å². The number of rotatable bonds is 3. The molecule has 17 heavy (non-hydrogen) atoms. The highest BCUT2D eigenvalue weighted by molar-refractivity contribution is 7.98. The molecule has 2 N–H and O–H groups in total. The number of carbonyl (C=O) groups is 2. The molecular formula is C11H18N2O3S. The molecule has 0 aromatic rings. The highest BCUT2D eigenvalue weighted by atomic mass is 32.2. The van der Waals surface area contributed by atoms with Crippen molar-refractivity contribution >= 4 is 23.6 Å². The smallest absolute Gasteiger partial charge is 0.246 e. The van der Waals surface area contributed by atoms with E-state index in [0.717, 1.165) is 5.75 Å². The molecule has 1 spiro atoms. The molecule has 0 aromatic heterocycles. The maximum absolute atomic E-state index is 12.1. The maximum atomic E-state index is 12.1. The van der Waals surface area contributed by atoms with Gasteiger partial charge < -0.3 is 15.4 Å². The lowest BCUT2D eigenvalue weighted by Crippen LogP contribution is -2.70. The average Bonchev–Trinajstić information content (AvgIpc) is 2.33. The zero-order valence-corrected chi connectivity index (χ0v) is 10.8. The molecule has 2 saturated heterocycles. The van der Waals surface area contributed by atoms with Gasteiger partial charge in [-0.15, -0.1) is 0 Å². The van der Waals surface area contributed by atoms with Crippen LogP contribution in [-0.2, 0) is 14.3 Å². The van der Waals surface area contributed by atoms with Gasteiger partial charge in [0.2, 0.25) is 11.8 Å². The molecule has 5 nitrogen and oxygen atoms in total. The average molecular weight is 258 g/mol. The van der Waals surface area contributed by atoms with Crippen molar-refractivity contribution < 1.29 is 14.3 Å². The van der Waals surface area contributed by atoms with Crippen molar-refractivity contribution in [1.29, 1.82) is 0 Å². The Kier molecular flexibility index (Phi) is 3.93. The van der Waals surface area contributed by atoms with Gasteiger partial charge in [-0.05, 0) is 18.4 Å². The van der Waals surface area contributed by atoms with E-state index in [1.54, 1.807) is 11.8 Å². The van der Waals surface area contributed by atoms with Crippen molar-refractivity contribution in [3.8, 4) is 0 Å². The maximum Gasteiger partial charge on any atom is 0.246 e. The van der Waals surface area contributed by atoms with Crippen molar-refractivity contribution in [2.45, 2.75) is 30.8 Å². The summed E-state index contributed by atoms with van der Waals surface area (Å²) < 4.78 is 5.24. The van der Waals surface area contributed by atoms with Crippen molar-refractivity contribution in [2.24, 2.45) is 0 Å². The van der Waals surface area contributed by atoms with Crippen molar-refractivity contribution in [1.82, 2.24) is 10.6 Å². The third kappa shape index (κ3) is 2.57. The van der Waals surface area contributed by atoms with E-state index in [0.29, 0.717) is 32.5 Å². The topological polar surface area (TPSA) is 67.4 Å². The number of hydrogen-bond donors (Lipinski definition) is 2. The van der Waals surface area contributed by atoms with Gasteiger partial charge in [-0.1, -0.05) is 0 Å². The van der Waals surface area contributed by atoms with Crippen LogP contribution >= 0.6 is 11.8 Å². The van der Waals surface area contributed by atoms with E-state index in [-0.39, 0.29) is 17.9 Å². The van der Waals surface area contributed by atoms with E-state index in [9.17, 15) is 9.59 Å². The van der Waals surface area contributed by atoms with Crippen LogP contribution in [0.25, 0.3) is 0 Å². The molecule has 0 unspecified atom stereocenters.